The Morgan fingerprint density at radius 1 is 1.14 bits per heavy atom. The summed E-state index contributed by atoms with van der Waals surface area (Å²) in [5.74, 6) is 0.574. The van der Waals surface area contributed by atoms with Gasteiger partial charge in [-0.2, -0.15) is 0 Å². The van der Waals surface area contributed by atoms with Crippen molar-refractivity contribution in [2.45, 2.75) is 16.9 Å². The summed E-state index contributed by atoms with van der Waals surface area (Å²) in [5.41, 5.74) is 0.608. The number of aliphatic hydroxyl groups is 1. The van der Waals surface area contributed by atoms with Crippen molar-refractivity contribution in [3.63, 3.8) is 0 Å². The number of likely N-dealkylation sites (N-methyl/N-ethyl adjacent to an activating group) is 1. The van der Waals surface area contributed by atoms with Crippen molar-refractivity contribution in [1.82, 2.24) is 5.32 Å². The molecule has 2 nitrogen and oxygen atoms in total. The van der Waals surface area contributed by atoms with Crippen molar-refractivity contribution in [3.8, 4) is 0 Å². The number of halogens is 1. The fourth-order valence-electron chi connectivity index (χ4n) is 2.32. The van der Waals surface area contributed by atoms with Crippen LogP contribution in [0.1, 0.15) is 12.0 Å². The van der Waals surface area contributed by atoms with E-state index < -0.39 is 5.54 Å². The Bertz CT molecular complexity index is 558. The summed E-state index contributed by atoms with van der Waals surface area (Å²) >= 11 is 1.60. The quantitative estimate of drug-likeness (QED) is 0.769. The van der Waals surface area contributed by atoms with Crippen LogP contribution < -0.4 is 5.32 Å². The summed E-state index contributed by atoms with van der Waals surface area (Å²) in [6.45, 7) is 0.0250. The highest BCUT2D eigenvalue weighted by atomic mass is 32.2. The first-order valence-electron chi connectivity index (χ1n) is 6.94. The molecule has 0 aliphatic carbocycles. The summed E-state index contributed by atoms with van der Waals surface area (Å²) in [5, 5.41) is 13.1. The van der Waals surface area contributed by atoms with Crippen molar-refractivity contribution in [1.29, 1.82) is 0 Å². The topological polar surface area (TPSA) is 32.3 Å². The molecule has 0 heterocycles. The number of nitrogens with one attached hydrogen (secondary N) is 1. The third-order valence-corrected chi connectivity index (χ3v) is 4.66. The molecule has 0 radical (unpaired) electrons. The van der Waals surface area contributed by atoms with Gasteiger partial charge in [-0.1, -0.05) is 36.4 Å². The van der Waals surface area contributed by atoms with E-state index in [9.17, 15) is 9.50 Å². The molecule has 2 aromatic carbocycles. The zero-order valence-corrected chi connectivity index (χ0v) is 12.9. The Labute approximate surface area is 129 Å². The molecule has 1 atom stereocenters. The molecule has 2 N–H and O–H groups in total. The van der Waals surface area contributed by atoms with Crippen LogP contribution in [0.15, 0.2) is 59.5 Å². The van der Waals surface area contributed by atoms with Gasteiger partial charge in [0.15, 0.2) is 0 Å². The molecule has 1 unspecified atom stereocenters. The minimum absolute atomic E-state index is 0.0250. The second kappa shape index (κ2) is 7.59. The maximum absolute atomic E-state index is 13.2. The SMILES string of the molecule is CNC(CO)(CCSc1cccc(F)c1)c1ccccc1. The fourth-order valence-corrected chi connectivity index (χ4v) is 3.38. The van der Waals surface area contributed by atoms with Crippen molar-refractivity contribution in [2.75, 3.05) is 19.4 Å². The fraction of sp³-hybridized carbons (Fsp3) is 0.294. The molecule has 0 saturated heterocycles. The molecule has 2 rings (SSSR count). The van der Waals surface area contributed by atoms with Gasteiger partial charge in [-0.05, 0) is 37.2 Å². The summed E-state index contributed by atoms with van der Waals surface area (Å²) < 4.78 is 13.2. The van der Waals surface area contributed by atoms with Gasteiger partial charge in [-0.25, -0.2) is 4.39 Å². The van der Waals surface area contributed by atoms with Gasteiger partial charge in [0.05, 0.1) is 12.1 Å². The van der Waals surface area contributed by atoms with Gasteiger partial charge in [-0.3, -0.25) is 0 Å². The number of thioether (sulfide) groups is 1. The molecule has 0 spiro atoms. The maximum atomic E-state index is 13.2. The molecule has 0 aliphatic heterocycles. The summed E-state index contributed by atoms with van der Waals surface area (Å²) in [6.07, 6.45) is 0.755. The number of aliphatic hydroxyl groups excluding tert-OH is 1. The zero-order valence-electron chi connectivity index (χ0n) is 12.1. The van der Waals surface area contributed by atoms with Crippen molar-refractivity contribution in [3.05, 3.63) is 66.0 Å². The van der Waals surface area contributed by atoms with Crippen LogP contribution in [-0.4, -0.2) is 24.5 Å². The lowest BCUT2D eigenvalue weighted by Gasteiger charge is -2.32. The average molecular weight is 305 g/mol. The Morgan fingerprint density at radius 2 is 1.90 bits per heavy atom. The lowest BCUT2D eigenvalue weighted by molar-refractivity contribution is 0.165. The van der Waals surface area contributed by atoms with E-state index in [-0.39, 0.29) is 12.4 Å². The normalized spacial score (nSPS) is 13.9. The number of rotatable bonds is 7. The summed E-state index contributed by atoms with van der Waals surface area (Å²) in [4.78, 5) is 0.908. The van der Waals surface area contributed by atoms with Crippen molar-refractivity contribution >= 4 is 11.8 Å². The van der Waals surface area contributed by atoms with Crippen LogP contribution in [0.5, 0.6) is 0 Å². The van der Waals surface area contributed by atoms with E-state index in [1.165, 1.54) is 12.1 Å². The summed E-state index contributed by atoms with van der Waals surface area (Å²) in [6, 6.07) is 16.5. The Hall–Kier alpha value is -1.36. The van der Waals surface area contributed by atoms with Gasteiger partial charge in [0.25, 0.3) is 0 Å². The van der Waals surface area contributed by atoms with Crippen LogP contribution in [0.3, 0.4) is 0 Å². The smallest absolute Gasteiger partial charge is 0.124 e. The van der Waals surface area contributed by atoms with E-state index in [0.717, 1.165) is 22.6 Å². The van der Waals surface area contributed by atoms with Gasteiger partial charge in [-0.15, -0.1) is 11.8 Å². The molecular formula is C17H20FNOS. The molecule has 0 aromatic heterocycles. The predicted molar refractivity (Wildman–Crippen MR) is 86.0 cm³/mol. The number of hydrogen-bond donors (Lipinski definition) is 2. The van der Waals surface area contributed by atoms with Gasteiger partial charge in [0.1, 0.15) is 5.82 Å². The third kappa shape index (κ3) is 4.06. The van der Waals surface area contributed by atoms with Gasteiger partial charge in [0, 0.05) is 10.6 Å². The lowest BCUT2D eigenvalue weighted by Crippen LogP contribution is -2.44. The van der Waals surface area contributed by atoms with Crippen LogP contribution in [0.2, 0.25) is 0 Å². The first-order chi connectivity index (χ1) is 10.2. The highest BCUT2D eigenvalue weighted by molar-refractivity contribution is 7.99. The van der Waals surface area contributed by atoms with E-state index in [2.05, 4.69) is 5.32 Å². The van der Waals surface area contributed by atoms with Gasteiger partial charge >= 0.3 is 0 Å². The maximum Gasteiger partial charge on any atom is 0.124 e. The second-order valence-electron chi connectivity index (χ2n) is 4.91. The Kier molecular flexibility index (Phi) is 5.79. The number of benzene rings is 2. The first kappa shape index (κ1) is 16.0. The summed E-state index contributed by atoms with van der Waals surface area (Å²) in [7, 11) is 1.86. The molecule has 0 bridgehead atoms. The zero-order chi connectivity index (χ0) is 15.1. The molecule has 2 aromatic rings. The van der Waals surface area contributed by atoms with Gasteiger partial charge in [0.2, 0.25) is 0 Å². The highest BCUT2D eigenvalue weighted by Gasteiger charge is 2.29. The first-order valence-corrected chi connectivity index (χ1v) is 7.92. The van der Waals surface area contributed by atoms with Crippen LogP contribution >= 0.6 is 11.8 Å². The molecule has 112 valence electrons. The van der Waals surface area contributed by atoms with Crippen LogP contribution in [0.25, 0.3) is 0 Å². The van der Waals surface area contributed by atoms with Crippen LogP contribution in [0.4, 0.5) is 4.39 Å². The molecule has 0 fully saturated rings. The molecule has 4 heteroatoms. The second-order valence-corrected chi connectivity index (χ2v) is 6.08. The Balaban J connectivity index is 2.04. The molecule has 0 saturated carbocycles. The predicted octanol–water partition coefficient (Wildman–Crippen LogP) is 3.42. The molecule has 0 amide bonds. The lowest BCUT2D eigenvalue weighted by atomic mass is 9.88. The largest absolute Gasteiger partial charge is 0.394 e. The standard InChI is InChI=1S/C17H20FNOS/c1-19-17(13-20,14-6-3-2-4-7-14)10-11-21-16-9-5-8-15(18)12-16/h2-9,12,19-20H,10-11,13H2,1H3. The van der Waals surface area contributed by atoms with Crippen LogP contribution in [0, 0.1) is 5.82 Å². The van der Waals surface area contributed by atoms with Crippen molar-refractivity contribution in [2.24, 2.45) is 0 Å². The van der Waals surface area contributed by atoms with E-state index in [1.54, 1.807) is 17.8 Å². The minimum atomic E-state index is -0.457. The van der Waals surface area contributed by atoms with Crippen molar-refractivity contribution < 1.29 is 9.50 Å². The van der Waals surface area contributed by atoms with Crippen LogP contribution in [-0.2, 0) is 5.54 Å². The monoisotopic (exact) mass is 305 g/mol. The highest BCUT2D eigenvalue weighted by Crippen LogP contribution is 2.28. The van der Waals surface area contributed by atoms with E-state index in [4.69, 9.17) is 0 Å². The van der Waals surface area contributed by atoms with E-state index in [1.807, 2.05) is 43.4 Å². The Morgan fingerprint density at radius 3 is 2.52 bits per heavy atom. The third-order valence-electron chi connectivity index (χ3n) is 3.67. The molecule has 0 aliphatic rings. The molecular weight excluding hydrogens is 285 g/mol. The van der Waals surface area contributed by atoms with E-state index >= 15 is 0 Å². The van der Waals surface area contributed by atoms with E-state index in [0.29, 0.717) is 0 Å². The number of hydrogen-bond acceptors (Lipinski definition) is 3. The molecule has 21 heavy (non-hydrogen) atoms. The minimum Gasteiger partial charge on any atom is -0.394 e. The average Bonchev–Trinajstić information content (AvgIpc) is 2.53. The van der Waals surface area contributed by atoms with Gasteiger partial charge < -0.3 is 10.4 Å².